The number of nitrogens with zero attached hydrogens (tertiary/aromatic N) is 5. The van der Waals surface area contributed by atoms with E-state index in [9.17, 15) is 4.79 Å². The van der Waals surface area contributed by atoms with Crippen LogP contribution in [0.4, 0.5) is 10.5 Å². The van der Waals surface area contributed by atoms with Crippen LogP contribution in [0.5, 0.6) is 11.8 Å². The molecule has 0 unspecified atom stereocenters. The van der Waals surface area contributed by atoms with E-state index in [4.69, 9.17) is 23.7 Å². The van der Waals surface area contributed by atoms with Gasteiger partial charge in [-0.3, -0.25) is 0 Å². The average Bonchev–Trinajstić information content (AvgIpc) is 3.27. The maximum Gasteiger partial charge on any atom is 0.434 e. The molecule has 2 aromatic heterocycles. The van der Waals surface area contributed by atoms with E-state index >= 15 is 0 Å². The molecule has 0 radical (unpaired) electrons. The minimum Gasteiger partial charge on any atom is -0.481 e. The first-order valence-electron chi connectivity index (χ1n) is 9.28. The Balaban J connectivity index is 2.11. The van der Waals surface area contributed by atoms with Crippen LogP contribution in [0.2, 0.25) is 0 Å². The van der Waals surface area contributed by atoms with E-state index in [1.54, 1.807) is 37.4 Å². The monoisotopic (exact) mass is 455 g/mol. The highest BCUT2D eigenvalue weighted by Crippen LogP contribution is 2.25. The number of aryl methyl sites for hydroxylation is 1. The molecule has 0 saturated carbocycles. The van der Waals surface area contributed by atoms with Gasteiger partial charge in [0.05, 0.1) is 27.0 Å². The third-order valence-corrected chi connectivity index (χ3v) is 4.80. The van der Waals surface area contributed by atoms with Gasteiger partial charge in [0.25, 0.3) is 0 Å². The van der Waals surface area contributed by atoms with Gasteiger partial charge in [-0.1, -0.05) is 5.16 Å². The third-order valence-electron chi connectivity index (χ3n) is 4.13. The number of ether oxygens (including phenoxy) is 3. The van der Waals surface area contributed by atoms with E-state index in [0.717, 1.165) is 5.56 Å². The van der Waals surface area contributed by atoms with Crippen LogP contribution in [0.15, 0.2) is 50.9 Å². The molecule has 0 N–H and O–H groups in total. The van der Waals surface area contributed by atoms with Crippen molar-refractivity contribution in [2.45, 2.75) is 6.92 Å². The molecular formula is C21H21N5O5S. The van der Waals surface area contributed by atoms with Crippen LogP contribution in [0, 0.1) is 6.92 Å². The molecule has 0 atom stereocenters. The van der Waals surface area contributed by atoms with E-state index < -0.39 is 6.09 Å². The second-order valence-corrected chi connectivity index (χ2v) is 6.97. The Morgan fingerprint density at radius 3 is 2.19 bits per heavy atom. The first kappa shape index (κ1) is 22.9. The highest BCUT2D eigenvalue weighted by Gasteiger charge is 2.17. The Bertz CT molecular complexity index is 1140. The summed E-state index contributed by atoms with van der Waals surface area (Å²) in [6.45, 7) is 1.73. The van der Waals surface area contributed by atoms with Crippen molar-refractivity contribution in [2.75, 3.05) is 27.6 Å². The summed E-state index contributed by atoms with van der Waals surface area (Å²) in [5.41, 5.74) is 2.42. The second kappa shape index (κ2) is 10.5. The number of carbonyl (C=O) groups excluding carboxylic acids is 1. The van der Waals surface area contributed by atoms with Crippen LogP contribution in [-0.2, 0) is 4.74 Å². The molecule has 0 saturated heterocycles. The van der Waals surface area contributed by atoms with E-state index in [2.05, 4.69) is 20.1 Å². The molecule has 1 aromatic carbocycles. The number of methoxy groups -OCH3 is 3. The SMILES string of the molecule is COC(=O)/N=C(\SC)C(=Nc1ccc(-c2noc(C)n2)cc1)c1cc(OC)nc(OC)c1. The van der Waals surface area contributed by atoms with Crippen LogP contribution >= 0.6 is 11.8 Å². The molecule has 32 heavy (non-hydrogen) atoms. The number of amides is 1. The Kier molecular flexibility index (Phi) is 7.55. The topological polar surface area (TPSA) is 121 Å². The van der Waals surface area contributed by atoms with Gasteiger partial charge in [-0.05, 0) is 30.5 Å². The van der Waals surface area contributed by atoms with Gasteiger partial charge in [-0.2, -0.15) is 15.0 Å². The number of aromatic nitrogens is 3. The Labute approximate surface area is 188 Å². The van der Waals surface area contributed by atoms with Crippen LogP contribution in [0.25, 0.3) is 11.4 Å². The molecule has 0 fully saturated rings. The first-order chi connectivity index (χ1) is 15.5. The Hall–Kier alpha value is -3.73. The van der Waals surface area contributed by atoms with Crippen molar-refractivity contribution in [1.29, 1.82) is 0 Å². The molecule has 0 aliphatic carbocycles. The van der Waals surface area contributed by atoms with Gasteiger partial charge in [0.2, 0.25) is 23.5 Å². The first-order valence-corrected chi connectivity index (χ1v) is 10.5. The van der Waals surface area contributed by atoms with Crippen molar-refractivity contribution in [1.82, 2.24) is 15.1 Å². The summed E-state index contributed by atoms with van der Waals surface area (Å²) in [4.78, 5) is 29.0. The van der Waals surface area contributed by atoms with Gasteiger partial charge in [-0.25, -0.2) is 9.79 Å². The van der Waals surface area contributed by atoms with Gasteiger partial charge >= 0.3 is 6.09 Å². The van der Waals surface area contributed by atoms with E-state index in [-0.39, 0.29) is 0 Å². The zero-order valence-corrected chi connectivity index (χ0v) is 19.0. The Morgan fingerprint density at radius 2 is 1.69 bits per heavy atom. The lowest BCUT2D eigenvalue weighted by Crippen LogP contribution is -2.15. The minimum atomic E-state index is -0.738. The predicted octanol–water partition coefficient (Wildman–Crippen LogP) is 4.11. The molecule has 2 heterocycles. The average molecular weight is 455 g/mol. The fourth-order valence-electron chi connectivity index (χ4n) is 2.62. The summed E-state index contributed by atoms with van der Waals surface area (Å²) in [5.74, 6) is 1.62. The molecule has 0 aliphatic rings. The number of hydrogen-bond acceptors (Lipinski definition) is 10. The third kappa shape index (κ3) is 5.49. The number of benzene rings is 1. The molecule has 166 valence electrons. The van der Waals surface area contributed by atoms with Crippen LogP contribution in [-0.4, -0.2) is 59.6 Å². The van der Waals surface area contributed by atoms with Crippen LogP contribution in [0.3, 0.4) is 0 Å². The lowest BCUT2D eigenvalue weighted by molar-refractivity contribution is 0.183. The highest BCUT2D eigenvalue weighted by molar-refractivity contribution is 8.15. The molecular weight excluding hydrogens is 434 g/mol. The van der Waals surface area contributed by atoms with Crippen molar-refractivity contribution >= 4 is 34.3 Å². The highest BCUT2D eigenvalue weighted by atomic mass is 32.2. The zero-order chi connectivity index (χ0) is 23.1. The van der Waals surface area contributed by atoms with Crippen molar-refractivity contribution in [3.63, 3.8) is 0 Å². The van der Waals surface area contributed by atoms with Gasteiger partial charge < -0.3 is 18.7 Å². The maximum absolute atomic E-state index is 11.9. The fraction of sp³-hybridized carbons (Fsp3) is 0.238. The largest absolute Gasteiger partial charge is 0.481 e. The molecule has 0 bridgehead atoms. The van der Waals surface area contributed by atoms with Crippen molar-refractivity contribution in [2.24, 2.45) is 9.98 Å². The molecule has 3 rings (SSSR count). The van der Waals surface area contributed by atoms with Crippen molar-refractivity contribution in [3.8, 4) is 23.1 Å². The maximum atomic E-state index is 11.9. The molecule has 10 nitrogen and oxygen atoms in total. The van der Waals surface area contributed by atoms with Crippen LogP contribution < -0.4 is 9.47 Å². The second-order valence-electron chi connectivity index (χ2n) is 6.18. The number of hydrogen-bond donors (Lipinski definition) is 0. The summed E-state index contributed by atoms with van der Waals surface area (Å²) in [6.07, 6.45) is 1.05. The lowest BCUT2D eigenvalue weighted by Gasteiger charge is -2.11. The standard InChI is InChI=1S/C21H21N5O5S/c1-12-22-19(26-31-12)13-6-8-15(9-7-13)23-18(20(32-5)25-21(27)30-4)14-10-16(28-2)24-17(11-14)29-3/h6-11H,1-5H3/b23-18?,25-20-. The molecule has 11 heteroatoms. The van der Waals surface area contributed by atoms with Crippen molar-refractivity contribution in [3.05, 3.63) is 47.9 Å². The number of pyridine rings is 1. The molecule has 1 amide bonds. The summed E-state index contributed by atoms with van der Waals surface area (Å²) in [5, 5.41) is 4.27. The summed E-state index contributed by atoms with van der Waals surface area (Å²) in [6, 6.07) is 10.6. The van der Waals surface area contributed by atoms with E-state index in [0.29, 0.717) is 45.5 Å². The Morgan fingerprint density at radius 1 is 1.03 bits per heavy atom. The normalized spacial score (nSPS) is 11.9. The molecule has 0 spiro atoms. The quantitative estimate of drug-likeness (QED) is 0.399. The van der Waals surface area contributed by atoms with Gasteiger partial charge in [-0.15, -0.1) is 11.8 Å². The molecule has 0 aliphatic heterocycles. The lowest BCUT2D eigenvalue weighted by atomic mass is 10.1. The van der Waals surface area contributed by atoms with Crippen LogP contribution in [0.1, 0.15) is 11.5 Å². The van der Waals surface area contributed by atoms with Gasteiger partial charge in [0.15, 0.2) is 0 Å². The summed E-state index contributed by atoms with van der Waals surface area (Å²) >= 11 is 1.25. The molecule has 3 aromatic rings. The van der Waals surface area contributed by atoms with E-state index in [1.807, 2.05) is 12.1 Å². The predicted molar refractivity (Wildman–Crippen MR) is 121 cm³/mol. The zero-order valence-electron chi connectivity index (χ0n) is 18.1. The minimum absolute atomic E-state index is 0.327. The van der Waals surface area contributed by atoms with Gasteiger partial charge in [0, 0.05) is 30.2 Å². The van der Waals surface area contributed by atoms with Gasteiger partial charge in [0.1, 0.15) is 10.8 Å². The van der Waals surface area contributed by atoms with E-state index in [1.165, 1.54) is 33.1 Å². The summed E-state index contributed by atoms with van der Waals surface area (Å²) < 4.78 is 20.3. The number of carbonyl (C=O) groups is 1. The number of thioether (sulfide) groups is 1. The summed E-state index contributed by atoms with van der Waals surface area (Å²) in [7, 11) is 4.26. The number of aliphatic imine (C=N–C) groups is 2. The fourth-order valence-corrected chi connectivity index (χ4v) is 3.14. The smallest absolute Gasteiger partial charge is 0.434 e. The van der Waals surface area contributed by atoms with Crippen molar-refractivity contribution < 1.29 is 23.5 Å². The number of rotatable bonds is 6.